The number of rotatable bonds is 1. The van der Waals surface area contributed by atoms with Crippen LogP contribution < -0.4 is 5.32 Å². The predicted molar refractivity (Wildman–Crippen MR) is 42.0 cm³/mol. The van der Waals surface area contributed by atoms with E-state index in [-0.39, 0.29) is 0 Å². The van der Waals surface area contributed by atoms with Crippen molar-refractivity contribution in [3.05, 3.63) is 0 Å². The molecule has 0 spiro atoms. The van der Waals surface area contributed by atoms with Crippen molar-refractivity contribution in [2.24, 2.45) is 5.92 Å². The zero-order chi connectivity index (χ0) is 7.56. The molecule has 1 rings (SSSR count). The molecule has 0 saturated carbocycles. The molecular formula is C8H17NO. The van der Waals surface area contributed by atoms with Gasteiger partial charge in [0, 0.05) is 6.04 Å². The number of ether oxygens (including phenoxy) is 1. The lowest BCUT2D eigenvalue weighted by Crippen LogP contribution is -2.42. The van der Waals surface area contributed by atoms with E-state index in [1.807, 2.05) is 7.05 Å². The Morgan fingerprint density at radius 1 is 1.40 bits per heavy atom. The molecule has 60 valence electrons. The number of nitrogens with one attached hydrogen (secondary N) is 1. The van der Waals surface area contributed by atoms with Crippen molar-refractivity contribution in [1.82, 2.24) is 5.32 Å². The summed E-state index contributed by atoms with van der Waals surface area (Å²) in [5.74, 6) is 0.668. The van der Waals surface area contributed by atoms with Gasteiger partial charge >= 0.3 is 0 Å². The van der Waals surface area contributed by atoms with Crippen molar-refractivity contribution < 1.29 is 4.74 Å². The SMILES string of the molecule is CN[C@H]1C[C@H](C)OC[C@@H]1C. The first-order valence-corrected chi connectivity index (χ1v) is 4.03. The van der Waals surface area contributed by atoms with E-state index in [1.54, 1.807) is 0 Å². The Morgan fingerprint density at radius 3 is 2.60 bits per heavy atom. The van der Waals surface area contributed by atoms with Gasteiger partial charge < -0.3 is 10.1 Å². The Bertz CT molecular complexity index is 105. The predicted octanol–water partition coefficient (Wildman–Crippen LogP) is 1.02. The van der Waals surface area contributed by atoms with E-state index in [0.29, 0.717) is 18.1 Å². The molecule has 1 saturated heterocycles. The summed E-state index contributed by atoms with van der Waals surface area (Å²) in [7, 11) is 2.03. The minimum absolute atomic E-state index is 0.439. The third kappa shape index (κ3) is 1.70. The van der Waals surface area contributed by atoms with Crippen LogP contribution in [-0.2, 0) is 4.74 Å². The molecule has 0 aromatic carbocycles. The molecule has 1 fully saturated rings. The lowest BCUT2D eigenvalue weighted by molar-refractivity contribution is -0.0163. The van der Waals surface area contributed by atoms with E-state index in [4.69, 9.17) is 4.74 Å². The molecular weight excluding hydrogens is 126 g/mol. The van der Waals surface area contributed by atoms with E-state index in [9.17, 15) is 0 Å². The van der Waals surface area contributed by atoms with E-state index in [0.717, 1.165) is 13.0 Å². The maximum atomic E-state index is 5.48. The van der Waals surface area contributed by atoms with Crippen LogP contribution in [0.5, 0.6) is 0 Å². The molecule has 2 nitrogen and oxygen atoms in total. The standard InChI is InChI=1S/C8H17NO/c1-6-5-10-7(2)4-8(6)9-3/h6-9H,4-5H2,1-3H3/t6-,7-,8-/m0/s1. The highest BCUT2D eigenvalue weighted by Gasteiger charge is 2.23. The maximum absolute atomic E-state index is 5.48. The Balaban J connectivity index is 2.38. The maximum Gasteiger partial charge on any atom is 0.0562 e. The second kappa shape index (κ2) is 3.35. The summed E-state index contributed by atoms with van der Waals surface area (Å²) in [6, 6.07) is 0.656. The highest BCUT2D eigenvalue weighted by molar-refractivity contribution is 4.78. The molecule has 0 aliphatic carbocycles. The van der Waals surface area contributed by atoms with Crippen LogP contribution in [0, 0.1) is 5.92 Å². The van der Waals surface area contributed by atoms with Gasteiger partial charge in [0.1, 0.15) is 0 Å². The van der Waals surface area contributed by atoms with Crippen LogP contribution in [0.4, 0.5) is 0 Å². The molecule has 10 heavy (non-hydrogen) atoms. The van der Waals surface area contributed by atoms with Crippen LogP contribution in [0.3, 0.4) is 0 Å². The first-order chi connectivity index (χ1) is 4.74. The summed E-state index contributed by atoms with van der Waals surface area (Å²) < 4.78 is 5.48. The third-order valence-electron chi connectivity index (χ3n) is 2.29. The molecule has 0 unspecified atom stereocenters. The first kappa shape index (κ1) is 8.02. The monoisotopic (exact) mass is 143 g/mol. The second-order valence-electron chi connectivity index (χ2n) is 3.25. The van der Waals surface area contributed by atoms with Gasteiger partial charge in [0.05, 0.1) is 12.7 Å². The first-order valence-electron chi connectivity index (χ1n) is 4.03. The van der Waals surface area contributed by atoms with E-state index < -0.39 is 0 Å². The summed E-state index contributed by atoms with van der Waals surface area (Å²) in [6.45, 7) is 5.27. The normalized spacial score (nSPS) is 41.7. The zero-order valence-corrected chi connectivity index (χ0v) is 7.05. The topological polar surface area (TPSA) is 21.3 Å². The highest BCUT2D eigenvalue weighted by atomic mass is 16.5. The fraction of sp³-hybridized carbons (Fsp3) is 1.00. The summed E-state index contributed by atoms with van der Waals surface area (Å²) in [5.41, 5.74) is 0. The average molecular weight is 143 g/mol. The summed E-state index contributed by atoms with van der Waals surface area (Å²) in [5, 5.41) is 3.30. The lowest BCUT2D eigenvalue weighted by Gasteiger charge is -2.32. The summed E-state index contributed by atoms with van der Waals surface area (Å²) in [4.78, 5) is 0. The Kier molecular flexibility index (Phi) is 2.69. The van der Waals surface area contributed by atoms with Crippen LogP contribution in [0.2, 0.25) is 0 Å². The molecule has 1 aliphatic rings. The average Bonchev–Trinajstić information content (AvgIpc) is 1.94. The minimum Gasteiger partial charge on any atom is -0.378 e. The zero-order valence-electron chi connectivity index (χ0n) is 7.05. The lowest BCUT2D eigenvalue weighted by atomic mass is 9.95. The van der Waals surface area contributed by atoms with E-state index in [2.05, 4.69) is 19.2 Å². The third-order valence-corrected chi connectivity index (χ3v) is 2.29. The molecule has 1 aliphatic heterocycles. The Hall–Kier alpha value is -0.0800. The van der Waals surface area contributed by atoms with Gasteiger partial charge in [-0.05, 0) is 26.3 Å². The van der Waals surface area contributed by atoms with Gasteiger partial charge in [0.2, 0.25) is 0 Å². The van der Waals surface area contributed by atoms with Gasteiger partial charge in [-0.2, -0.15) is 0 Å². The fourth-order valence-electron chi connectivity index (χ4n) is 1.49. The van der Waals surface area contributed by atoms with Gasteiger partial charge in [-0.25, -0.2) is 0 Å². The smallest absolute Gasteiger partial charge is 0.0562 e. The van der Waals surface area contributed by atoms with E-state index in [1.165, 1.54) is 0 Å². The molecule has 3 atom stereocenters. The van der Waals surface area contributed by atoms with Crippen LogP contribution >= 0.6 is 0 Å². The van der Waals surface area contributed by atoms with Crippen molar-refractivity contribution >= 4 is 0 Å². The van der Waals surface area contributed by atoms with Crippen LogP contribution in [0.25, 0.3) is 0 Å². The van der Waals surface area contributed by atoms with Gasteiger partial charge in [-0.3, -0.25) is 0 Å². The molecule has 2 heteroatoms. The molecule has 0 amide bonds. The largest absolute Gasteiger partial charge is 0.378 e. The Labute approximate surface area is 63.0 Å². The minimum atomic E-state index is 0.439. The highest BCUT2D eigenvalue weighted by Crippen LogP contribution is 2.17. The van der Waals surface area contributed by atoms with Gasteiger partial charge in [0.15, 0.2) is 0 Å². The summed E-state index contributed by atoms with van der Waals surface area (Å²) >= 11 is 0. The van der Waals surface area contributed by atoms with Crippen molar-refractivity contribution in [2.45, 2.75) is 32.4 Å². The van der Waals surface area contributed by atoms with E-state index >= 15 is 0 Å². The van der Waals surface area contributed by atoms with Crippen LogP contribution in [-0.4, -0.2) is 25.8 Å². The van der Waals surface area contributed by atoms with Gasteiger partial charge in [0.25, 0.3) is 0 Å². The van der Waals surface area contributed by atoms with Crippen molar-refractivity contribution in [2.75, 3.05) is 13.7 Å². The number of hydrogen-bond donors (Lipinski definition) is 1. The summed E-state index contributed by atoms with van der Waals surface area (Å²) in [6.07, 6.45) is 1.59. The molecule has 0 aromatic rings. The van der Waals surface area contributed by atoms with Crippen LogP contribution in [0.1, 0.15) is 20.3 Å². The molecule has 0 aromatic heterocycles. The van der Waals surface area contributed by atoms with Gasteiger partial charge in [-0.1, -0.05) is 6.92 Å². The molecule has 1 N–H and O–H groups in total. The molecule has 1 heterocycles. The van der Waals surface area contributed by atoms with Crippen molar-refractivity contribution in [3.63, 3.8) is 0 Å². The van der Waals surface area contributed by atoms with Crippen molar-refractivity contribution in [3.8, 4) is 0 Å². The fourth-order valence-corrected chi connectivity index (χ4v) is 1.49. The van der Waals surface area contributed by atoms with Crippen LogP contribution in [0.15, 0.2) is 0 Å². The quantitative estimate of drug-likeness (QED) is 0.591. The van der Waals surface area contributed by atoms with Crippen molar-refractivity contribution in [1.29, 1.82) is 0 Å². The van der Waals surface area contributed by atoms with Gasteiger partial charge in [-0.15, -0.1) is 0 Å². The molecule has 0 bridgehead atoms. The molecule has 0 radical (unpaired) electrons. The second-order valence-corrected chi connectivity index (χ2v) is 3.25. The Morgan fingerprint density at radius 2 is 2.10 bits per heavy atom. The number of hydrogen-bond acceptors (Lipinski definition) is 2.